The molecule has 2 N–H and O–H groups in total. The van der Waals surface area contributed by atoms with Gasteiger partial charge in [-0.25, -0.2) is 14.6 Å². The number of nitrogens with zero attached hydrogens (tertiary/aromatic N) is 3. The van der Waals surface area contributed by atoms with Crippen LogP contribution in [0.3, 0.4) is 0 Å². The highest BCUT2D eigenvalue weighted by Crippen LogP contribution is 2.36. The Hall–Kier alpha value is -5.41. The number of carbonyl (C=O) groups excluding carboxylic acids is 1. The second kappa shape index (κ2) is 11.8. The summed E-state index contributed by atoms with van der Waals surface area (Å²) in [6.07, 6.45) is 3.84. The van der Waals surface area contributed by atoms with Crippen LogP contribution in [0.2, 0.25) is 0 Å². The molecule has 2 heterocycles. The van der Waals surface area contributed by atoms with E-state index in [1.54, 1.807) is 35.2 Å². The number of hydrogen-bond donors (Lipinski definition) is 2. The van der Waals surface area contributed by atoms with Crippen molar-refractivity contribution in [3.8, 4) is 0 Å². The topological polar surface area (TPSA) is 112 Å². The predicted octanol–water partition coefficient (Wildman–Crippen LogP) is 6.89. The van der Waals surface area contributed by atoms with Gasteiger partial charge in [-0.05, 0) is 71.4 Å². The zero-order valence-corrected chi connectivity index (χ0v) is 23.6. The fraction of sp³-hybridized carbons (Fsp3) is 0.0588. The van der Waals surface area contributed by atoms with Gasteiger partial charge in [0.15, 0.2) is 5.17 Å². The largest absolute Gasteiger partial charge is 0.478 e. The van der Waals surface area contributed by atoms with Crippen LogP contribution in [0.25, 0.3) is 17.0 Å². The monoisotopic (exact) mass is 587 g/mol. The number of hydrogen-bond acceptors (Lipinski definition) is 5. The van der Waals surface area contributed by atoms with Gasteiger partial charge in [0.1, 0.15) is 0 Å². The lowest BCUT2D eigenvalue weighted by Crippen LogP contribution is -2.28. The SMILES string of the molecule is O=C(O)c1ccc(CN2C(=O)/C(=C/c3cn(Cc4cccc(C(=O)O)c4)c4ccccc34)SC2=Nc2ccccc2)cc1. The van der Waals surface area contributed by atoms with Crippen LogP contribution >= 0.6 is 11.8 Å². The molecule has 0 radical (unpaired) electrons. The first-order valence-electron chi connectivity index (χ1n) is 13.4. The van der Waals surface area contributed by atoms with Crippen LogP contribution in [0.1, 0.15) is 37.4 Å². The molecule has 8 nitrogen and oxygen atoms in total. The van der Waals surface area contributed by atoms with Crippen molar-refractivity contribution in [2.75, 3.05) is 0 Å². The summed E-state index contributed by atoms with van der Waals surface area (Å²) in [6.45, 7) is 0.696. The van der Waals surface area contributed by atoms with Gasteiger partial charge in [0.2, 0.25) is 0 Å². The Morgan fingerprint density at radius 2 is 1.49 bits per heavy atom. The van der Waals surface area contributed by atoms with Crippen LogP contribution in [0.5, 0.6) is 0 Å². The van der Waals surface area contributed by atoms with Gasteiger partial charge in [-0.2, -0.15) is 0 Å². The quantitative estimate of drug-likeness (QED) is 0.191. The van der Waals surface area contributed by atoms with E-state index in [2.05, 4.69) is 0 Å². The molecular formula is C34H25N3O5S. The Morgan fingerprint density at radius 3 is 2.23 bits per heavy atom. The summed E-state index contributed by atoms with van der Waals surface area (Å²) >= 11 is 1.29. The second-order valence-corrected chi connectivity index (χ2v) is 11.0. The van der Waals surface area contributed by atoms with Gasteiger partial charge in [0, 0.05) is 29.2 Å². The van der Waals surface area contributed by atoms with Crippen LogP contribution in [0.4, 0.5) is 5.69 Å². The minimum absolute atomic E-state index is 0.177. The fourth-order valence-electron chi connectivity index (χ4n) is 4.94. The highest BCUT2D eigenvalue weighted by atomic mass is 32.2. The number of rotatable bonds is 8. The maximum absolute atomic E-state index is 13.8. The van der Waals surface area contributed by atoms with Crippen LogP contribution in [0.15, 0.2) is 119 Å². The molecule has 0 unspecified atom stereocenters. The van der Waals surface area contributed by atoms with Crippen molar-refractivity contribution in [3.63, 3.8) is 0 Å². The van der Waals surface area contributed by atoms with E-state index in [-0.39, 0.29) is 23.6 Å². The highest BCUT2D eigenvalue weighted by molar-refractivity contribution is 8.18. The number of amides is 1. The van der Waals surface area contributed by atoms with E-state index in [9.17, 15) is 24.6 Å². The summed E-state index contributed by atoms with van der Waals surface area (Å²) in [6, 6.07) is 30.6. The number of para-hydroxylation sites is 2. The van der Waals surface area contributed by atoms with E-state index in [1.807, 2.05) is 77.5 Å². The van der Waals surface area contributed by atoms with Crippen molar-refractivity contribution in [2.24, 2.45) is 4.99 Å². The third-order valence-corrected chi connectivity index (χ3v) is 8.05. The van der Waals surface area contributed by atoms with E-state index in [4.69, 9.17) is 4.99 Å². The zero-order valence-electron chi connectivity index (χ0n) is 22.8. The molecule has 1 fully saturated rings. The maximum atomic E-state index is 13.8. The molecule has 1 aromatic heterocycles. The summed E-state index contributed by atoms with van der Waals surface area (Å²) < 4.78 is 2.05. The average molecular weight is 588 g/mol. The number of aromatic carboxylic acids is 2. The predicted molar refractivity (Wildman–Crippen MR) is 167 cm³/mol. The molecule has 6 rings (SSSR count). The van der Waals surface area contributed by atoms with Crippen molar-refractivity contribution in [3.05, 3.63) is 142 Å². The van der Waals surface area contributed by atoms with Crippen molar-refractivity contribution in [2.45, 2.75) is 13.1 Å². The molecule has 4 aromatic carbocycles. The Kier molecular flexibility index (Phi) is 7.63. The first-order valence-corrected chi connectivity index (χ1v) is 14.2. The van der Waals surface area contributed by atoms with Crippen LogP contribution in [-0.4, -0.2) is 42.7 Å². The maximum Gasteiger partial charge on any atom is 0.335 e. The van der Waals surface area contributed by atoms with Crippen molar-refractivity contribution in [1.82, 2.24) is 9.47 Å². The van der Waals surface area contributed by atoms with Gasteiger partial charge >= 0.3 is 11.9 Å². The van der Waals surface area contributed by atoms with Gasteiger partial charge in [0.05, 0.1) is 28.3 Å². The van der Waals surface area contributed by atoms with E-state index >= 15 is 0 Å². The lowest BCUT2D eigenvalue weighted by molar-refractivity contribution is -0.122. The second-order valence-electron chi connectivity index (χ2n) is 9.97. The number of aromatic nitrogens is 1. The number of carboxylic acids is 2. The molecule has 1 aliphatic rings. The normalized spacial score (nSPS) is 15.1. The summed E-state index contributed by atoms with van der Waals surface area (Å²) in [5.74, 6) is -2.19. The number of carbonyl (C=O) groups is 3. The van der Waals surface area contributed by atoms with Gasteiger partial charge < -0.3 is 14.8 Å². The average Bonchev–Trinajstić information content (AvgIpc) is 3.50. The number of aliphatic imine (C=N–C) groups is 1. The Labute approximate surface area is 251 Å². The van der Waals surface area contributed by atoms with Crippen molar-refractivity contribution < 1.29 is 24.6 Å². The molecule has 9 heteroatoms. The van der Waals surface area contributed by atoms with Crippen LogP contribution < -0.4 is 0 Å². The summed E-state index contributed by atoms with van der Waals surface area (Å²) in [7, 11) is 0. The number of benzene rings is 4. The number of thioether (sulfide) groups is 1. The third kappa shape index (κ3) is 5.98. The number of fused-ring (bicyclic) bond motifs is 1. The minimum Gasteiger partial charge on any atom is -0.478 e. The fourth-order valence-corrected chi connectivity index (χ4v) is 5.93. The van der Waals surface area contributed by atoms with Crippen molar-refractivity contribution >= 4 is 57.4 Å². The van der Waals surface area contributed by atoms with Crippen LogP contribution in [0, 0.1) is 0 Å². The smallest absolute Gasteiger partial charge is 0.335 e. The van der Waals surface area contributed by atoms with Gasteiger partial charge in [-0.3, -0.25) is 9.69 Å². The summed E-state index contributed by atoms with van der Waals surface area (Å²) in [4.78, 5) is 43.5. The molecule has 1 aliphatic heterocycles. The molecule has 5 aromatic rings. The van der Waals surface area contributed by atoms with Gasteiger partial charge in [-0.1, -0.05) is 60.7 Å². The molecule has 0 atom stereocenters. The highest BCUT2D eigenvalue weighted by Gasteiger charge is 2.34. The molecule has 212 valence electrons. The minimum atomic E-state index is -1.01. The molecule has 1 saturated heterocycles. The molecule has 43 heavy (non-hydrogen) atoms. The van der Waals surface area contributed by atoms with E-state index < -0.39 is 11.9 Å². The lowest BCUT2D eigenvalue weighted by Gasteiger charge is -2.16. The zero-order chi connectivity index (χ0) is 29.9. The first kappa shape index (κ1) is 27.7. The number of amidine groups is 1. The molecule has 0 saturated carbocycles. The lowest BCUT2D eigenvalue weighted by atomic mass is 10.1. The van der Waals surface area contributed by atoms with Gasteiger partial charge in [0.25, 0.3) is 5.91 Å². The standard InChI is InChI=1S/C34H25N3O5S/c38-31-30(18-26-21-36(29-12-5-4-11-28(26)29)19-23-7-6-8-25(17-23)33(41)42)43-34(35-27-9-2-1-3-10-27)37(31)20-22-13-15-24(16-14-22)32(39)40/h1-18,21H,19-20H2,(H,39,40)(H,41,42)/b30-18-,35-34?. The molecule has 0 bridgehead atoms. The Bertz CT molecular complexity index is 1930. The molecule has 0 spiro atoms. The van der Waals surface area contributed by atoms with Gasteiger partial charge in [-0.15, -0.1) is 0 Å². The summed E-state index contributed by atoms with van der Waals surface area (Å²) in [5, 5.41) is 20.2. The van der Waals surface area contributed by atoms with Crippen molar-refractivity contribution in [1.29, 1.82) is 0 Å². The van der Waals surface area contributed by atoms with E-state index in [0.717, 1.165) is 27.6 Å². The van der Waals surface area contributed by atoms with E-state index in [0.29, 0.717) is 22.3 Å². The Balaban J connectivity index is 1.36. The number of carboxylic acid groups (broad SMARTS) is 2. The summed E-state index contributed by atoms with van der Waals surface area (Å²) in [5.41, 5.74) is 4.56. The third-order valence-electron chi connectivity index (χ3n) is 7.04. The van der Waals surface area contributed by atoms with Crippen LogP contribution in [-0.2, 0) is 17.9 Å². The Morgan fingerprint density at radius 1 is 0.767 bits per heavy atom. The van der Waals surface area contributed by atoms with E-state index in [1.165, 1.54) is 23.9 Å². The molecular weight excluding hydrogens is 562 g/mol. The molecule has 1 amide bonds. The molecule has 0 aliphatic carbocycles. The first-order chi connectivity index (χ1) is 20.9.